The Hall–Kier alpha value is -0.320. The number of amidine groups is 1. The van der Waals surface area contributed by atoms with Crippen molar-refractivity contribution in [2.75, 3.05) is 0 Å². The van der Waals surface area contributed by atoms with E-state index in [9.17, 15) is 0 Å². The average molecular weight is 167 g/mol. The third-order valence-electron chi connectivity index (χ3n) is 0.672. The van der Waals surface area contributed by atoms with Gasteiger partial charge >= 0.3 is 0 Å². The zero-order valence-corrected chi connectivity index (χ0v) is 5.82. The Morgan fingerprint density at radius 3 is 2.78 bits per heavy atom. The predicted octanol–water partition coefficient (Wildman–Crippen LogP) is 0.0215. The van der Waals surface area contributed by atoms with Crippen LogP contribution in [0.25, 0.3) is 0 Å². The van der Waals surface area contributed by atoms with E-state index in [1.54, 1.807) is 0 Å². The zero-order chi connectivity index (χ0) is 6.91. The van der Waals surface area contributed by atoms with E-state index < -0.39 is 5.12 Å². The molecule has 0 aliphatic carbocycles. The molecule has 1 heterocycles. The van der Waals surface area contributed by atoms with Gasteiger partial charge in [-0.25, -0.2) is 4.99 Å². The smallest absolute Gasteiger partial charge is 0.225 e. The number of rotatable bonds is 0. The summed E-state index contributed by atoms with van der Waals surface area (Å²) in [5.41, 5.74) is 7.63. The number of nitrogens with one attached hydrogen (secondary N) is 1. The Morgan fingerprint density at radius 1 is 1.78 bits per heavy atom. The second-order valence-corrected chi connectivity index (χ2v) is 2.46. The van der Waals surface area contributed by atoms with E-state index >= 15 is 0 Å². The molecule has 3 N–H and O–H groups in total. The molecule has 4 nitrogen and oxygen atoms in total. The van der Waals surface area contributed by atoms with Crippen LogP contribution in [0.4, 0.5) is 0 Å². The predicted molar refractivity (Wildman–Crippen MR) is 37.7 cm³/mol. The minimum Gasteiger partial charge on any atom is -0.289 e. The van der Waals surface area contributed by atoms with E-state index in [0.29, 0.717) is 0 Å². The number of nitrogens with two attached hydrogens (primary N) is 1. The van der Waals surface area contributed by atoms with E-state index in [1.807, 2.05) is 0 Å². The summed E-state index contributed by atoms with van der Waals surface area (Å²) >= 11 is 10.8. The molecular formula is C3H4Cl2N4. The Kier molecular flexibility index (Phi) is 1.61. The van der Waals surface area contributed by atoms with Crippen molar-refractivity contribution in [2.24, 2.45) is 15.8 Å². The molecular weight excluding hydrogens is 163 g/mol. The summed E-state index contributed by atoms with van der Waals surface area (Å²) in [6.07, 6.45) is 1.25. The monoisotopic (exact) mass is 166 g/mol. The summed E-state index contributed by atoms with van der Waals surface area (Å²) in [6.45, 7) is 0. The minimum atomic E-state index is -1.28. The van der Waals surface area contributed by atoms with Crippen LogP contribution in [0.5, 0.6) is 0 Å². The Balaban J connectivity index is 2.78. The van der Waals surface area contributed by atoms with Crippen molar-refractivity contribution in [3.8, 4) is 0 Å². The molecule has 1 rings (SSSR count). The van der Waals surface area contributed by atoms with Crippen LogP contribution in [0.15, 0.2) is 10.1 Å². The van der Waals surface area contributed by atoms with Gasteiger partial charge in [-0.2, -0.15) is 5.10 Å². The highest BCUT2D eigenvalue weighted by molar-refractivity contribution is 6.65. The van der Waals surface area contributed by atoms with Crippen molar-refractivity contribution < 1.29 is 0 Å². The lowest BCUT2D eigenvalue weighted by molar-refractivity contribution is 0.804. The lowest BCUT2D eigenvalue weighted by Crippen LogP contribution is -2.38. The molecule has 1 aliphatic heterocycles. The average Bonchev–Trinajstić information content (AvgIpc) is 1.60. The highest BCUT2D eigenvalue weighted by Crippen LogP contribution is 2.08. The molecule has 9 heavy (non-hydrogen) atoms. The molecule has 0 spiro atoms. The second-order valence-electron chi connectivity index (χ2n) is 1.50. The first-order valence-electron chi connectivity index (χ1n) is 2.13. The fraction of sp³-hybridized carbons (Fsp3) is 0.333. The van der Waals surface area contributed by atoms with Crippen molar-refractivity contribution in [2.45, 2.75) is 5.12 Å². The van der Waals surface area contributed by atoms with Crippen molar-refractivity contribution in [3.63, 3.8) is 0 Å². The topological polar surface area (TPSA) is 62.8 Å². The number of hydrazone groups is 1. The first-order chi connectivity index (χ1) is 4.10. The van der Waals surface area contributed by atoms with Crippen molar-refractivity contribution >= 4 is 34.7 Å². The molecule has 1 aliphatic rings. The zero-order valence-electron chi connectivity index (χ0n) is 4.31. The van der Waals surface area contributed by atoms with E-state index in [4.69, 9.17) is 28.9 Å². The standard InChI is InChI=1S/C3H4Cl2N4/c4-2-8-3(5,6)1-7-9-2/h1H,6H2,(H,8,9). The summed E-state index contributed by atoms with van der Waals surface area (Å²) in [5.74, 6) is 0. The first-order valence-corrected chi connectivity index (χ1v) is 2.89. The second kappa shape index (κ2) is 2.13. The summed E-state index contributed by atoms with van der Waals surface area (Å²) in [6, 6.07) is 0. The third-order valence-corrected chi connectivity index (χ3v) is 1.02. The van der Waals surface area contributed by atoms with Gasteiger partial charge in [0.25, 0.3) is 0 Å². The van der Waals surface area contributed by atoms with Crippen LogP contribution in [0.3, 0.4) is 0 Å². The minimum absolute atomic E-state index is 0.0926. The molecule has 0 saturated heterocycles. The highest BCUT2D eigenvalue weighted by atomic mass is 35.5. The Labute approximate surface area is 61.7 Å². The van der Waals surface area contributed by atoms with Gasteiger partial charge in [0.05, 0.1) is 6.21 Å². The molecule has 0 fully saturated rings. The van der Waals surface area contributed by atoms with Crippen LogP contribution < -0.4 is 11.2 Å². The van der Waals surface area contributed by atoms with Gasteiger partial charge in [0.1, 0.15) is 0 Å². The highest BCUT2D eigenvalue weighted by Gasteiger charge is 2.20. The quantitative estimate of drug-likeness (QED) is 0.394. The van der Waals surface area contributed by atoms with Crippen molar-refractivity contribution in [3.05, 3.63) is 0 Å². The number of hydrogen-bond acceptors (Lipinski definition) is 4. The number of halogens is 2. The molecule has 0 aromatic heterocycles. The van der Waals surface area contributed by atoms with Gasteiger partial charge in [-0.3, -0.25) is 11.2 Å². The van der Waals surface area contributed by atoms with Crippen LogP contribution >= 0.6 is 23.2 Å². The maximum Gasteiger partial charge on any atom is 0.225 e. The van der Waals surface area contributed by atoms with Crippen molar-refractivity contribution in [1.82, 2.24) is 5.43 Å². The molecule has 0 saturated carbocycles. The largest absolute Gasteiger partial charge is 0.289 e. The Bertz CT molecular complexity index is 173. The Morgan fingerprint density at radius 2 is 2.44 bits per heavy atom. The van der Waals surface area contributed by atoms with Crippen LogP contribution in [0.1, 0.15) is 0 Å². The first kappa shape index (κ1) is 6.80. The molecule has 0 aromatic carbocycles. The van der Waals surface area contributed by atoms with Crippen LogP contribution in [0, 0.1) is 0 Å². The number of nitrogens with zero attached hydrogens (tertiary/aromatic N) is 2. The summed E-state index contributed by atoms with van der Waals surface area (Å²) < 4.78 is 0. The summed E-state index contributed by atoms with van der Waals surface area (Å²) in [7, 11) is 0. The molecule has 1 atom stereocenters. The molecule has 50 valence electrons. The maximum atomic E-state index is 5.48. The van der Waals surface area contributed by atoms with Gasteiger partial charge in [-0.15, -0.1) is 0 Å². The lowest BCUT2D eigenvalue weighted by Gasteiger charge is -2.14. The van der Waals surface area contributed by atoms with Crippen LogP contribution in [0.2, 0.25) is 0 Å². The summed E-state index contributed by atoms with van der Waals surface area (Å²) in [4.78, 5) is 3.58. The van der Waals surface area contributed by atoms with Crippen LogP contribution in [-0.4, -0.2) is 16.6 Å². The van der Waals surface area contributed by atoms with Gasteiger partial charge < -0.3 is 0 Å². The van der Waals surface area contributed by atoms with E-state index in [-0.39, 0.29) is 5.29 Å². The molecule has 1 unspecified atom stereocenters. The number of hydrogen-bond donors (Lipinski definition) is 2. The fourth-order valence-corrected chi connectivity index (χ4v) is 0.746. The van der Waals surface area contributed by atoms with E-state index in [0.717, 1.165) is 0 Å². The van der Waals surface area contributed by atoms with Gasteiger partial charge in [-0.05, 0) is 11.6 Å². The normalized spacial score (nSPS) is 33.4. The van der Waals surface area contributed by atoms with Gasteiger partial charge in [0.2, 0.25) is 10.4 Å². The number of aliphatic imine (C=N–C) groups is 1. The fourth-order valence-electron chi connectivity index (χ4n) is 0.380. The van der Waals surface area contributed by atoms with E-state index in [1.165, 1.54) is 6.21 Å². The van der Waals surface area contributed by atoms with Gasteiger partial charge in [-0.1, -0.05) is 11.6 Å². The third kappa shape index (κ3) is 1.82. The maximum absolute atomic E-state index is 5.48. The molecule has 0 aromatic rings. The SMILES string of the molecule is NC1(Cl)C=NNC(Cl)=N1. The molecule has 0 bridgehead atoms. The lowest BCUT2D eigenvalue weighted by atomic mass is 10.6. The molecule has 0 amide bonds. The van der Waals surface area contributed by atoms with Crippen molar-refractivity contribution in [1.29, 1.82) is 0 Å². The van der Waals surface area contributed by atoms with E-state index in [2.05, 4.69) is 15.5 Å². The van der Waals surface area contributed by atoms with Gasteiger partial charge in [0, 0.05) is 0 Å². The molecule has 6 heteroatoms. The van der Waals surface area contributed by atoms with Crippen LogP contribution in [-0.2, 0) is 0 Å². The van der Waals surface area contributed by atoms with Gasteiger partial charge in [0.15, 0.2) is 0 Å². The summed E-state index contributed by atoms with van der Waals surface area (Å²) in [5, 5.41) is 2.33. The number of alkyl halides is 1. The molecule has 0 radical (unpaired) electrons.